The van der Waals surface area contributed by atoms with Crippen LogP contribution in [0.5, 0.6) is 0 Å². The summed E-state index contributed by atoms with van der Waals surface area (Å²) in [4.78, 5) is 22.6. The van der Waals surface area contributed by atoms with Gasteiger partial charge in [-0.2, -0.15) is 0 Å². The molecule has 3 rings (SSSR count). The highest BCUT2D eigenvalue weighted by molar-refractivity contribution is 8.42. The third-order valence-electron chi connectivity index (χ3n) is 3.73. The van der Waals surface area contributed by atoms with E-state index in [9.17, 15) is 19.8 Å². The topological polar surface area (TPSA) is 112 Å². The molecule has 0 amide bonds. The molecule has 0 aromatic rings. The van der Waals surface area contributed by atoms with Crippen molar-refractivity contribution in [2.75, 3.05) is 64.4 Å². The van der Waals surface area contributed by atoms with Gasteiger partial charge in [0, 0.05) is 11.5 Å². The minimum absolute atomic E-state index is 0.134. The summed E-state index contributed by atoms with van der Waals surface area (Å²) in [6.45, 7) is 4.34. The second kappa shape index (κ2) is 14.5. The lowest BCUT2D eigenvalue weighted by atomic mass is 10.5. The molecule has 0 bridgehead atoms. The summed E-state index contributed by atoms with van der Waals surface area (Å²) in [7, 11) is 0. The van der Waals surface area contributed by atoms with E-state index in [1.807, 2.05) is 0 Å². The summed E-state index contributed by atoms with van der Waals surface area (Å²) >= 11 is 8.53. The molecule has 0 aromatic carbocycles. The molecule has 14 heteroatoms. The molecule has 3 aliphatic rings. The van der Waals surface area contributed by atoms with Crippen LogP contribution in [0.4, 0.5) is 0 Å². The molecule has 8 nitrogen and oxygen atoms in total. The van der Waals surface area contributed by atoms with Gasteiger partial charge in [0.25, 0.3) is 0 Å². The molecule has 0 aromatic heterocycles. The van der Waals surface area contributed by atoms with Gasteiger partial charge in [-0.1, -0.05) is 47.0 Å². The molecule has 0 atom stereocenters. The molecule has 0 radical (unpaired) electrons. The second-order valence-electron chi connectivity index (χ2n) is 5.97. The number of hydrogen-bond donors (Lipinski definition) is 2. The van der Waals surface area contributed by atoms with Gasteiger partial charge in [0.05, 0.1) is 69.8 Å². The van der Waals surface area contributed by atoms with Crippen molar-refractivity contribution in [2.45, 2.75) is 0 Å². The van der Waals surface area contributed by atoms with Crippen LogP contribution in [0.15, 0.2) is 26.8 Å². The summed E-state index contributed by atoms with van der Waals surface area (Å²) in [5.74, 6) is -0.887. The summed E-state index contributed by atoms with van der Waals surface area (Å²) in [5.41, 5.74) is 0. The lowest BCUT2D eigenvalue weighted by Crippen LogP contribution is -2.13. The van der Waals surface area contributed by atoms with E-state index in [1.54, 1.807) is 47.0 Å². The smallest absolute Gasteiger partial charge is 0.344 e. The van der Waals surface area contributed by atoms with E-state index >= 15 is 0 Å². The zero-order valence-electron chi connectivity index (χ0n) is 16.9. The second-order valence-corrected chi connectivity index (χ2v) is 13.3. The molecule has 3 aliphatic heterocycles. The zero-order chi connectivity index (χ0) is 22.8. The number of carbonyl (C=O) groups is 2. The maximum Gasteiger partial charge on any atom is 0.344 e. The normalized spacial score (nSPS) is 23.1. The van der Waals surface area contributed by atoms with Crippen LogP contribution in [0.25, 0.3) is 0 Å². The number of carboxylic acids is 2. The highest BCUT2D eigenvalue weighted by Crippen LogP contribution is 2.63. The number of thioether (sulfide) groups is 6. The van der Waals surface area contributed by atoms with Crippen LogP contribution in [0.3, 0.4) is 0 Å². The Labute approximate surface area is 211 Å². The fourth-order valence-corrected chi connectivity index (χ4v) is 10.7. The Morgan fingerprint density at radius 2 is 0.875 bits per heavy atom. The number of hydrogen-bond acceptors (Lipinski definition) is 12. The predicted octanol–water partition coefficient (Wildman–Crippen LogP) is 4.13. The van der Waals surface area contributed by atoms with Crippen LogP contribution in [-0.2, 0) is 28.5 Å². The Morgan fingerprint density at radius 3 is 1.25 bits per heavy atom. The van der Waals surface area contributed by atoms with Crippen LogP contribution in [-0.4, -0.2) is 86.5 Å². The highest BCUT2D eigenvalue weighted by Gasteiger charge is 2.35. The van der Waals surface area contributed by atoms with Crippen molar-refractivity contribution in [1.82, 2.24) is 0 Å². The molecule has 2 N–H and O–H groups in total. The van der Waals surface area contributed by atoms with Gasteiger partial charge in [-0.05, 0) is 0 Å². The lowest BCUT2D eigenvalue weighted by Gasteiger charge is -2.09. The molecule has 0 unspecified atom stereocenters. The average molecular weight is 559 g/mol. The molecule has 0 aliphatic carbocycles. The van der Waals surface area contributed by atoms with Gasteiger partial charge in [0.1, 0.15) is 9.81 Å². The maximum absolute atomic E-state index is 11.5. The first-order chi connectivity index (χ1) is 15.6. The first kappa shape index (κ1) is 26.7. The predicted molar refractivity (Wildman–Crippen MR) is 135 cm³/mol. The number of carboxylic acid groups (broad SMARTS) is 2. The minimum atomic E-state index is -1.22. The van der Waals surface area contributed by atoms with Crippen LogP contribution >= 0.6 is 70.6 Å². The van der Waals surface area contributed by atoms with E-state index in [0.717, 1.165) is 47.7 Å². The largest absolute Gasteiger partial charge is 0.477 e. The Bertz CT molecular complexity index is 736. The fourth-order valence-electron chi connectivity index (χ4n) is 2.34. The quantitative estimate of drug-likeness (QED) is 0.506. The molecule has 178 valence electrons. The molecule has 0 spiro atoms. The van der Waals surface area contributed by atoms with Crippen LogP contribution in [0, 0.1) is 0 Å². The van der Waals surface area contributed by atoms with Gasteiger partial charge in [-0.15, -0.1) is 23.5 Å². The molecule has 0 saturated heterocycles. The van der Waals surface area contributed by atoms with Crippen LogP contribution in [0.2, 0.25) is 0 Å². The van der Waals surface area contributed by atoms with Gasteiger partial charge in [0.2, 0.25) is 0 Å². The van der Waals surface area contributed by atoms with Crippen LogP contribution in [0.1, 0.15) is 0 Å². The van der Waals surface area contributed by atoms with Crippen molar-refractivity contribution >= 4 is 82.5 Å². The standard InChI is InChI=1S/C18H22O8S6/c19-13(20)11-12(14(21)22)30-17(29-11)18-31-15-16(32-18)28-10-8-26-6-4-24-2-1-23-3-5-25-7-9-27-15/h1-10H2,(H,19,20)(H,21,22). The van der Waals surface area contributed by atoms with Gasteiger partial charge in [-0.25, -0.2) is 9.59 Å². The van der Waals surface area contributed by atoms with E-state index in [-0.39, 0.29) is 9.81 Å². The SMILES string of the molecule is O=C(O)C1=C(C(=O)O)SC(=C2SC3=C(SCCOCCOCCOCCOCCS3)S2)S1. The first-order valence-electron chi connectivity index (χ1n) is 9.53. The van der Waals surface area contributed by atoms with E-state index in [1.165, 1.54) is 0 Å². The Hall–Kier alpha value is 0.1000. The van der Waals surface area contributed by atoms with Gasteiger partial charge >= 0.3 is 11.9 Å². The maximum atomic E-state index is 11.5. The molecule has 0 saturated carbocycles. The molecule has 3 heterocycles. The van der Waals surface area contributed by atoms with E-state index in [0.29, 0.717) is 57.1 Å². The first-order valence-corrected chi connectivity index (χ1v) is 14.8. The monoisotopic (exact) mass is 558 g/mol. The molecular weight excluding hydrogens is 537 g/mol. The van der Waals surface area contributed by atoms with E-state index < -0.39 is 11.9 Å². The van der Waals surface area contributed by atoms with Crippen molar-refractivity contribution in [3.8, 4) is 0 Å². The van der Waals surface area contributed by atoms with Crippen molar-refractivity contribution < 1.29 is 38.7 Å². The Balaban J connectivity index is 1.63. The van der Waals surface area contributed by atoms with Crippen molar-refractivity contribution in [3.63, 3.8) is 0 Å². The van der Waals surface area contributed by atoms with E-state index in [4.69, 9.17) is 18.9 Å². The summed E-state index contributed by atoms with van der Waals surface area (Å²) < 4.78 is 26.0. The summed E-state index contributed by atoms with van der Waals surface area (Å²) in [5, 5.41) is 18.7. The fraction of sp³-hybridized carbons (Fsp3) is 0.556. The molecule has 0 fully saturated rings. The lowest BCUT2D eigenvalue weighted by molar-refractivity contribution is -0.134. The highest BCUT2D eigenvalue weighted by atomic mass is 32.3. The minimum Gasteiger partial charge on any atom is -0.477 e. The number of ether oxygens (including phenoxy) is 4. The Kier molecular flexibility index (Phi) is 12.1. The summed E-state index contributed by atoms with van der Waals surface area (Å²) in [6, 6.07) is 0. The van der Waals surface area contributed by atoms with Crippen molar-refractivity contribution in [2.24, 2.45) is 0 Å². The van der Waals surface area contributed by atoms with Crippen molar-refractivity contribution in [3.05, 3.63) is 26.8 Å². The summed E-state index contributed by atoms with van der Waals surface area (Å²) in [6.07, 6.45) is 0. The van der Waals surface area contributed by atoms with Crippen molar-refractivity contribution in [1.29, 1.82) is 0 Å². The van der Waals surface area contributed by atoms with Gasteiger partial charge in [-0.3, -0.25) is 0 Å². The molecular formula is C18H22O8S6. The third kappa shape index (κ3) is 8.40. The number of rotatable bonds is 2. The average Bonchev–Trinajstić information content (AvgIpc) is 3.38. The van der Waals surface area contributed by atoms with Gasteiger partial charge < -0.3 is 29.2 Å². The van der Waals surface area contributed by atoms with E-state index in [2.05, 4.69) is 0 Å². The third-order valence-corrected chi connectivity index (χ3v) is 12.3. The molecule has 32 heavy (non-hydrogen) atoms. The van der Waals surface area contributed by atoms with Gasteiger partial charge in [0.15, 0.2) is 0 Å². The Morgan fingerprint density at radius 1 is 0.531 bits per heavy atom. The zero-order valence-corrected chi connectivity index (χ0v) is 21.8. The van der Waals surface area contributed by atoms with Crippen LogP contribution < -0.4 is 0 Å². The number of aliphatic carboxylic acids is 2.